The highest BCUT2D eigenvalue weighted by molar-refractivity contribution is 6.31. The molecule has 0 fully saturated rings. The first kappa shape index (κ1) is 24.7. The molecule has 168 valence electrons. The number of carbonyl (C=O) groups is 2. The fraction of sp³-hybridized carbons (Fsp3) is 0.136. The van der Waals surface area contributed by atoms with Gasteiger partial charge in [-0.25, -0.2) is 13.8 Å². The lowest BCUT2D eigenvalue weighted by Gasteiger charge is -2.14. The maximum atomic E-state index is 13.9. The zero-order valence-corrected chi connectivity index (χ0v) is 17.8. The molecular formula is C22H21ClF2N4O3. The van der Waals surface area contributed by atoms with Gasteiger partial charge < -0.3 is 21.5 Å². The van der Waals surface area contributed by atoms with Gasteiger partial charge in [-0.2, -0.15) is 0 Å². The maximum absolute atomic E-state index is 13.9. The second-order valence-electron chi connectivity index (χ2n) is 6.43. The molecule has 0 unspecified atom stereocenters. The smallest absolute Gasteiger partial charge is 0.322 e. The van der Waals surface area contributed by atoms with Crippen LogP contribution in [-0.4, -0.2) is 23.4 Å². The quantitative estimate of drug-likeness (QED) is 0.377. The molecule has 1 amide bonds. The number of carbonyl (C=O) groups excluding carboxylic acids is 2. The van der Waals surface area contributed by atoms with Gasteiger partial charge in [0.15, 0.2) is 0 Å². The summed E-state index contributed by atoms with van der Waals surface area (Å²) in [6, 6.07) is 12.9. The number of primary amides is 1. The summed E-state index contributed by atoms with van der Waals surface area (Å²) in [5.74, 6) is -1.79. The monoisotopic (exact) mass is 462 g/mol. The van der Waals surface area contributed by atoms with E-state index in [0.717, 1.165) is 12.1 Å². The highest BCUT2D eigenvalue weighted by atomic mass is 35.5. The number of pyridine rings is 1. The molecule has 0 saturated heterocycles. The largest absolute Gasteiger partial charge is 0.460 e. The van der Waals surface area contributed by atoms with Crippen LogP contribution in [0.25, 0.3) is 11.3 Å². The number of para-hydroxylation sites is 1. The summed E-state index contributed by atoms with van der Waals surface area (Å²) in [6.45, 7) is 1.44. The minimum atomic E-state index is -0.762. The molecule has 1 atom stereocenters. The molecule has 0 radical (unpaired) electrons. The normalized spacial score (nSPS) is 11.0. The molecule has 10 heteroatoms. The van der Waals surface area contributed by atoms with E-state index in [2.05, 4.69) is 16.0 Å². The number of halogens is 3. The summed E-state index contributed by atoms with van der Waals surface area (Å²) in [5.41, 5.74) is 11.0. The van der Waals surface area contributed by atoms with Crippen LogP contribution in [-0.2, 0) is 20.9 Å². The van der Waals surface area contributed by atoms with E-state index in [4.69, 9.17) is 26.9 Å². The van der Waals surface area contributed by atoms with Crippen LogP contribution >= 0.6 is 11.6 Å². The maximum Gasteiger partial charge on any atom is 0.322 e. The first-order valence-electron chi connectivity index (χ1n) is 9.32. The van der Waals surface area contributed by atoms with Gasteiger partial charge in [0, 0.05) is 16.1 Å². The van der Waals surface area contributed by atoms with Crippen LogP contribution in [0.3, 0.4) is 0 Å². The minimum Gasteiger partial charge on any atom is -0.460 e. The van der Waals surface area contributed by atoms with Crippen molar-refractivity contribution in [1.29, 1.82) is 0 Å². The Morgan fingerprint density at radius 1 is 1.16 bits per heavy atom. The summed E-state index contributed by atoms with van der Waals surface area (Å²) in [6.07, 6.45) is 0.250. The molecule has 3 aromatic rings. The van der Waals surface area contributed by atoms with Gasteiger partial charge in [-0.3, -0.25) is 9.59 Å². The molecule has 7 nitrogen and oxygen atoms in total. The van der Waals surface area contributed by atoms with Crippen molar-refractivity contribution in [3.63, 3.8) is 0 Å². The fourth-order valence-electron chi connectivity index (χ4n) is 2.62. The van der Waals surface area contributed by atoms with E-state index >= 15 is 0 Å². The van der Waals surface area contributed by atoms with Crippen LogP contribution in [0.5, 0.6) is 0 Å². The summed E-state index contributed by atoms with van der Waals surface area (Å²) in [7, 11) is 0. The van der Waals surface area contributed by atoms with E-state index in [9.17, 15) is 13.6 Å². The number of esters is 1. The average Bonchev–Trinajstić information content (AvgIpc) is 2.76. The number of aromatic nitrogens is 1. The number of ether oxygens (including phenoxy) is 1. The van der Waals surface area contributed by atoms with Gasteiger partial charge in [0.1, 0.15) is 35.8 Å². The summed E-state index contributed by atoms with van der Waals surface area (Å²) in [4.78, 5) is 24.7. The number of nitrogens with zero attached hydrogens (tertiary/aromatic N) is 1. The van der Waals surface area contributed by atoms with E-state index in [1.54, 1.807) is 36.4 Å². The SMILES string of the molecule is C[C@H](N)C(=O)OCc1c(Cl)cccc1-c1cccc(Nc2c(F)cccc2F)n1.NC=O. The fourth-order valence-corrected chi connectivity index (χ4v) is 2.85. The van der Waals surface area contributed by atoms with E-state index in [-0.39, 0.29) is 24.5 Å². The van der Waals surface area contributed by atoms with Crippen LogP contribution < -0.4 is 16.8 Å². The Hall–Kier alpha value is -3.56. The molecule has 1 aromatic heterocycles. The molecule has 0 aliphatic rings. The van der Waals surface area contributed by atoms with Gasteiger partial charge in [-0.05, 0) is 37.3 Å². The third-order valence-electron chi connectivity index (χ3n) is 4.09. The van der Waals surface area contributed by atoms with Gasteiger partial charge in [-0.1, -0.05) is 35.9 Å². The number of benzene rings is 2. The van der Waals surface area contributed by atoms with Crippen LogP contribution in [0, 0.1) is 11.6 Å². The predicted octanol–water partition coefficient (Wildman–Crippen LogP) is 3.92. The lowest BCUT2D eigenvalue weighted by atomic mass is 10.0. The number of amides is 1. The first-order chi connectivity index (χ1) is 15.3. The Kier molecular flexibility index (Phi) is 9.06. The van der Waals surface area contributed by atoms with Crippen LogP contribution in [0.1, 0.15) is 12.5 Å². The second kappa shape index (κ2) is 11.7. The molecular weight excluding hydrogens is 442 g/mol. The van der Waals surface area contributed by atoms with E-state index in [0.29, 0.717) is 21.8 Å². The van der Waals surface area contributed by atoms with E-state index < -0.39 is 23.6 Å². The topological polar surface area (TPSA) is 120 Å². The van der Waals surface area contributed by atoms with Gasteiger partial charge in [0.05, 0.1) is 5.69 Å². The minimum absolute atomic E-state index is 0.0866. The van der Waals surface area contributed by atoms with Crippen molar-refractivity contribution >= 4 is 35.5 Å². The van der Waals surface area contributed by atoms with Crippen LogP contribution in [0.2, 0.25) is 5.02 Å². The molecule has 32 heavy (non-hydrogen) atoms. The number of anilines is 2. The molecule has 1 heterocycles. The average molecular weight is 463 g/mol. The van der Waals surface area contributed by atoms with Crippen LogP contribution in [0.15, 0.2) is 54.6 Å². The van der Waals surface area contributed by atoms with Gasteiger partial charge in [-0.15, -0.1) is 0 Å². The first-order valence-corrected chi connectivity index (χ1v) is 9.69. The third-order valence-corrected chi connectivity index (χ3v) is 4.44. The molecule has 0 spiro atoms. The van der Waals surface area contributed by atoms with Gasteiger partial charge >= 0.3 is 5.97 Å². The Labute approximate surface area is 188 Å². The lowest BCUT2D eigenvalue weighted by molar-refractivity contribution is -0.146. The van der Waals surface area contributed by atoms with Gasteiger partial charge in [0.25, 0.3) is 0 Å². The molecule has 0 aliphatic carbocycles. The Morgan fingerprint density at radius 3 is 2.38 bits per heavy atom. The summed E-state index contributed by atoms with van der Waals surface area (Å²) in [5, 5.41) is 3.04. The zero-order chi connectivity index (χ0) is 23.7. The highest BCUT2D eigenvalue weighted by Crippen LogP contribution is 2.30. The molecule has 3 rings (SSSR count). The number of hydrogen-bond donors (Lipinski definition) is 3. The highest BCUT2D eigenvalue weighted by Gasteiger charge is 2.16. The van der Waals surface area contributed by atoms with Crippen molar-refractivity contribution in [2.45, 2.75) is 19.6 Å². The van der Waals surface area contributed by atoms with Crippen molar-refractivity contribution in [1.82, 2.24) is 4.98 Å². The Balaban J connectivity index is 0.00000114. The summed E-state index contributed by atoms with van der Waals surface area (Å²) >= 11 is 6.29. The third kappa shape index (κ3) is 6.47. The Bertz CT molecular complexity index is 1080. The van der Waals surface area contributed by atoms with E-state index in [1.807, 2.05) is 0 Å². The van der Waals surface area contributed by atoms with E-state index in [1.165, 1.54) is 13.0 Å². The molecule has 0 aliphatic heterocycles. The van der Waals surface area contributed by atoms with Gasteiger partial charge in [0.2, 0.25) is 6.41 Å². The number of rotatable bonds is 6. The molecule has 5 N–H and O–H groups in total. The standard InChI is InChI=1S/C21H18ClF2N3O2.CH3NO/c1-12(25)21(28)29-11-14-13(5-2-6-15(14)22)18-9-4-10-19(26-18)27-20-16(23)7-3-8-17(20)24;2-1-3/h2-10,12H,11,25H2,1H3,(H,26,27);1H,(H2,2,3)/t12-;/m0./s1. The van der Waals surface area contributed by atoms with Crippen molar-refractivity contribution < 1.29 is 23.1 Å². The molecule has 0 bridgehead atoms. The van der Waals surface area contributed by atoms with Crippen molar-refractivity contribution in [3.05, 3.63) is 76.8 Å². The second-order valence-corrected chi connectivity index (χ2v) is 6.84. The van der Waals surface area contributed by atoms with Crippen molar-refractivity contribution in [2.24, 2.45) is 11.5 Å². The summed E-state index contributed by atoms with van der Waals surface area (Å²) < 4.78 is 33.0. The van der Waals surface area contributed by atoms with Crippen LogP contribution in [0.4, 0.5) is 20.3 Å². The predicted molar refractivity (Wildman–Crippen MR) is 118 cm³/mol. The molecule has 0 saturated carbocycles. The Morgan fingerprint density at radius 2 is 1.75 bits per heavy atom. The lowest BCUT2D eigenvalue weighted by Crippen LogP contribution is -2.28. The van der Waals surface area contributed by atoms with Crippen molar-refractivity contribution in [3.8, 4) is 11.3 Å². The number of nitrogens with one attached hydrogen (secondary N) is 1. The number of hydrogen-bond acceptors (Lipinski definition) is 6. The van der Waals surface area contributed by atoms with Crippen molar-refractivity contribution in [2.75, 3.05) is 5.32 Å². The number of nitrogens with two attached hydrogens (primary N) is 2. The zero-order valence-electron chi connectivity index (χ0n) is 17.0. The molecule has 2 aromatic carbocycles.